The van der Waals surface area contributed by atoms with E-state index in [2.05, 4.69) is 11.1 Å². The topological polar surface area (TPSA) is 53.8 Å². The molecule has 0 saturated heterocycles. The number of carbonyl (C=O) groups is 1. The second kappa shape index (κ2) is 4.89. The van der Waals surface area contributed by atoms with E-state index >= 15 is 0 Å². The van der Waals surface area contributed by atoms with Crippen molar-refractivity contribution in [2.45, 2.75) is 0 Å². The van der Waals surface area contributed by atoms with E-state index in [1.807, 2.05) is 53.1 Å². The molecule has 0 amide bonds. The molecule has 1 N–H and O–H groups in total. The van der Waals surface area contributed by atoms with Crippen molar-refractivity contribution in [3.8, 4) is 5.82 Å². The smallest absolute Gasteiger partial charge is 0.297 e. The molecule has 22 heavy (non-hydrogen) atoms. The number of nitrogens with one attached hydrogen (secondary N) is 1. The maximum atomic E-state index is 11.7. The molecule has 4 rings (SSSR count). The molecule has 0 unspecified atom stereocenters. The lowest BCUT2D eigenvalue weighted by Crippen LogP contribution is -2.34. The summed E-state index contributed by atoms with van der Waals surface area (Å²) in [6.07, 6.45) is 0.724. The average Bonchev–Trinajstić information content (AvgIpc) is 2.93. The summed E-state index contributed by atoms with van der Waals surface area (Å²) in [6, 6.07) is 17.9. The highest BCUT2D eigenvalue weighted by molar-refractivity contribution is 7.11. The number of H-pyrrole nitrogens is 1. The molecule has 5 heteroatoms. The van der Waals surface area contributed by atoms with Gasteiger partial charge in [0.25, 0.3) is 0 Å². The van der Waals surface area contributed by atoms with Gasteiger partial charge in [0.2, 0.25) is 0 Å². The number of thiazole rings is 1. The van der Waals surface area contributed by atoms with Gasteiger partial charge >= 0.3 is 10.7 Å². The third-order valence-corrected chi connectivity index (χ3v) is 4.45. The molecule has 0 spiro atoms. The van der Waals surface area contributed by atoms with Crippen molar-refractivity contribution < 1.29 is 9.36 Å². The largest absolute Gasteiger partial charge is 0.390 e. The second-order valence-electron chi connectivity index (χ2n) is 4.94. The number of benzene rings is 2. The van der Waals surface area contributed by atoms with Crippen molar-refractivity contribution in [2.24, 2.45) is 0 Å². The van der Waals surface area contributed by atoms with E-state index < -0.39 is 0 Å². The van der Waals surface area contributed by atoms with Gasteiger partial charge in [0.1, 0.15) is 11.0 Å². The Hall–Kier alpha value is -2.79. The van der Waals surface area contributed by atoms with Crippen LogP contribution in [0, 0.1) is 0 Å². The lowest BCUT2D eigenvalue weighted by Gasteiger charge is -2.07. The molecule has 2 aromatic carbocycles. The van der Waals surface area contributed by atoms with Crippen molar-refractivity contribution in [2.75, 3.05) is 0 Å². The fraction of sp³-hybridized carbons (Fsp3) is 0. The molecule has 4 nitrogen and oxygen atoms in total. The predicted molar refractivity (Wildman–Crippen MR) is 86.9 cm³/mol. The summed E-state index contributed by atoms with van der Waals surface area (Å²) in [5, 5.41) is 2.09. The van der Waals surface area contributed by atoms with Gasteiger partial charge in [-0.05, 0) is 29.5 Å². The predicted octanol–water partition coefficient (Wildman–Crippen LogP) is 2.83. The summed E-state index contributed by atoms with van der Waals surface area (Å²) in [7, 11) is 0. The fourth-order valence-electron chi connectivity index (χ4n) is 2.74. The molecule has 0 aliphatic heterocycles. The Labute approximate surface area is 129 Å². The molecule has 0 aliphatic rings. The van der Waals surface area contributed by atoms with E-state index in [0.717, 1.165) is 39.4 Å². The minimum atomic E-state index is -0.235. The average molecular weight is 307 g/mol. The van der Waals surface area contributed by atoms with Crippen LogP contribution in [0.15, 0.2) is 59.4 Å². The van der Waals surface area contributed by atoms with Gasteiger partial charge in [-0.2, -0.15) is 9.55 Å². The number of rotatable bonds is 2. The standard InChI is InChI=1S/C17H10N2O2S/c20-10-15-16(18-17(21)22-15)19-13-7-3-1-5-11(13)9-12-6-2-4-8-14(12)19/h1-10H/p+1. The number of para-hydroxylation sites is 2. The lowest BCUT2D eigenvalue weighted by molar-refractivity contribution is -0.542. The maximum Gasteiger partial charge on any atom is 0.390 e. The number of nitrogens with zero attached hydrogens (tertiary/aromatic N) is 1. The Balaban J connectivity index is 2.26. The molecule has 0 fully saturated rings. The van der Waals surface area contributed by atoms with Crippen molar-refractivity contribution in [1.29, 1.82) is 0 Å². The Morgan fingerprint density at radius 1 is 0.955 bits per heavy atom. The Morgan fingerprint density at radius 3 is 2.14 bits per heavy atom. The van der Waals surface area contributed by atoms with Crippen LogP contribution in [-0.4, -0.2) is 11.3 Å². The van der Waals surface area contributed by atoms with Gasteiger partial charge in [-0.25, -0.2) is 4.79 Å². The zero-order valence-electron chi connectivity index (χ0n) is 11.4. The molecular formula is C17H11N2O2S+. The molecule has 4 aromatic rings. The summed E-state index contributed by atoms with van der Waals surface area (Å²) in [6.45, 7) is 0. The Bertz CT molecular complexity index is 1020. The minimum Gasteiger partial charge on any atom is -0.297 e. The van der Waals surface area contributed by atoms with Gasteiger partial charge in [-0.15, -0.1) is 0 Å². The molecule has 0 aliphatic carbocycles. The van der Waals surface area contributed by atoms with Gasteiger partial charge < -0.3 is 0 Å². The van der Waals surface area contributed by atoms with Crippen molar-refractivity contribution in [1.82, 2.24) is 4.98 Å². The third-order valence-electron chi connectivity index (χ3n) is 3.65. The highest BCUT2D eigenvalue weighted by Crippen LogP contribution is 2.20. The zero-order valence-corrected chi connectivity index (χ0v) is 12.3. The van der Waals surface area contributed by atoms with Crippen molar-refractivity contribution >= 4 is 39.4 Å². The third kappa shape index (κ3) is 1.87. The van der Waals surface area contributed by atoms with E-state index in [4.69, 9.17) is 0 Å². The molecule has 0 bridgehead atoms. The molecule has 2 heterocycles. The highest BCUT2D eigenvalue weighted by atomic mass is 32.1. The minimum absolute atomic E-state index is 0.235. The Kier molecular flexibility index (Phi) is 2.87. The number of hydrogen-bond acceptors (Lipinski definition) is 3. The normalized spacial score (nSPS) is 11.1. The molecule has 106 valence electrons. The first-order valence-electron chi connectivity index (χ1n) is 6.79. The summed E-state index contributed by atoms with van der Waals surface area (Å²) in [4.78, 5) is 26.0. The van der Waals surface area contributed by atoms with E-state index in [1.54, 1.807) is 0 Å². The van der Waals surface area contributed by atoms with Gasteiger partial charge in [0.15, 0.2) is 11.2 Å². The first-order chi connectivity index (χ1) is 10.8. The number of pyridine rings is 1. The van der Waals surface area contributed by atoms with Crippen molar-refractivity contribution in [3.63, 3.8) is 0 Å². The lowest BCUT2D eigenvalue weighted by atomic mass is 10.1. The summed E-state index contributed by atoms with van der Waals surface area (Å²) < 4.78 is 1.94. The van der Waals surface area contributed by atoms with E-state index in [1.165, 1.54) is 0 Å². The van der Waals surface area contributed by atoms with Crippen LogP contribution in [-0.2, 0) is 0 Å². The van der Waals surface area contributed by atoms with Crippen molar-refractivity contribution in [3.05, 3.63) is 69.1 Å². The maximum absolute atomic E-state index is 11.7. The monoisotopic (exact) mass is 307 g/mol. The van der Waals surface area contributed by atoms with Gasteiger partial charge in [-0.1, -0.05) is 36.4 Å². The van der Waals surface area contributed by atoms with Gasteiger partial charge in [-0.3, -0.25) is 4.79 Å². The fourth-order valence-corrected chi connectivity index (χ4v) is 3.38. The van der Waals surface area contributed by atoms with Gasteiger partial charge in [0, 0.05) is 10.8 Å². The van der Waals surface area contributed by atoms with Crippen LogP contribution in [0.5, 0.6) is 0 Å². The van der Waals surface area contributed by atoms with E-state index in [9.17, 15) is 9.59 Å². The van der Waals surface area contributed by atoms with Crippen LogP contribution < -0.4 is 9.44 Å². The number of carbonyl (C=O) groups excluding carboxylic acids is 1. The second-order valence-corrected chi connectivity index (χ2v) is 5.96. The molecule has 0 radical (unpaired) electrons. The first-order valence-corrected chi connectivity index (χ1v) is 7.61. The van der Waals surface area contributed by atoms with Crippen LogP contribution in [0.2, 0.25) is 0 Å². The van der Waals surface area contributed by atoms with Crippen LogP contribution >= 0.6 is 11.3 Å². The van der Waals surface area contributed by atoms with Gasteiger partial charge in [0.05, 0.1) is 0 Å². The van der Waals surface area contributed by atoms with E-state index in [0.29, 0.717) is 10.7 Å². The van der Waals surface area contributed by atoms with Crippen LogP contribution in [0.3, 0.4) is 0 Å². The molecule has 2 aromatic heterocycles. The quantitative estimate of drug-likeness (QED) is 0.352. The van der Waals surface area contributed by atoms with Crippen LogP contribution in [0.1, 0.15) is 9.67 Å². The number of aldehydes is 1. The van der Waals surface area contributed by atoms with Crippen LogP contribution in [0.25, 0.3) is 27.6 Å². The highest BCUT2D eigenvalue weighted by Gasteiger charge is 2.22. The molecule has 0 atom stereocenters. The van der Waals surface area contributed by atoms with Crippen LogP contribution in [0.4, 0.5) is 0 Å². The first kappa shape index (κ1) is 12.9. The number of aromatic nitrogens is 2. The molecular weight excluding hydrogens is 296 g/mol. The number of fused-ring (bicyclic) bond motifs is 2. The zero-order chi connectivity index (χ0) is 15.1. The Morgan fingerprint density at radius 2 is 1.55 bits per heavy atom. The SMILES string of the molecule is O=Cc1sc(=O)[nH]c1-[n+]1c2ccccc2cc2ccccc21. The summed E-state index contributed by atoms with van der Waals surface area (Å²) >= 11 is 0.926. The summed E-state index contributed by atoms with van der Waals surface area (Å²) in [5.74, 6) is 0.526. The number of aromatic amines is 1. The number of hydrogen-bond donors (Lipinski definition) is 1. The summed E-state index contributed by atoms with van der Waals surface area (Å²) in [5.41, 5.74) is 1.89. The van der Waals surface area contributed by atoms with E-state index in [-0.39, 0.29) is 4.87 Å². The molecule has 0 saturated carbocycles.